The van der Waals surface area contributed by atoms with Crippen molar-refractivity contribution in [2.24, 2.45) is 0 Å². The third-order valence-electron chi connectivity index (χ3n) is 4.05. The van der Waals surface area contributed by atoms with Crippen LogP contribution in [0.15, 0.2) is 61.1 Å². The van der Waals surface area contributed by atoms with E-state index in [1.165, 1.54) is 18.5 Å². The van der Waals surface area contributed by atoms with Gasteiger partial charge in [-0.1, -0.05) is 17.7 Å². The van der Waals surface area contributed by atoms with E-state index in [1.807, 2.05) is 18.2 Å². The first kappa shape index (κ1) is 18.6. The summed E-state index contributed by atoms with van der Waals surface area (Å²) in [5, 5.41) is 15.1. The summed E-state index contributed by atoms with van der Waals surface area (Å²) in [6.07, 6.45) is 3.07. The van der Waals surface area contributed by atoms with Crippen LogP contribution in [0.3, 0.4) is 0 Å². The Labute approximate surface area is 170 Å². The SMILES string of the molecule is O=[N+]([O-])c1[c]cc2ncnc(Nc3ccc(OCc4ccccn4)c(Cl)c3)c2c1. The summed E-state index contributed by atoms with van der Waals surface area (Å²) < 4.78 is 5.71. The molecule has 1 N–H and O–H groups in total. The maximum atomic E-state index is 11.0. The second-order valence-corrected chi connectivity index (χ2v) is 6.38. The molecule has 0 aliphatic heterocycles. The van der Waals surface area contributed by atoms with Crippen LogP contribution in [0.1, 0.15) is 5.69 Å². The van der Waals surface area contributed by atoms with Gasteiger partial charge in [0.25, 0.3) is 5.69 Å². The average Bonchev–Trinajstić information content (AvgIpc) is 2.74. The van der Waals surface area contributed by atoms with Gasteiger partial charge in [-0.15, -0.1) is 0 Å². The first-order valence-corrected chi connectivity index (χ1v) is 8.88. The number of pyridine rings is 1. The van der Waals surface area contributed by atoms with Gasteiger partial charge in [0.1, 0.15) is 24.5 Å². The van der Waals surface area contributed by atoms with E-state index in [0.29, 0.717) is 39.8 Å². The van der Waals surface area contributed by atoms with Gasteiger partial charge in [0, 0.05) is 23.3 Å². The molecule has 4 rings (SSSR count). The molecular weight excluding hydrogens is 394 g/mol. The molecule has 2 heterocycles. The van der Waals surface area contributed by atoms with Gasteiger partial charge in [-0.2, -0.15) is 0 Å². The van der Waals surface area contributed by atoms with Crippen LogP contribution in [-0.4, -0.2) is 19.9 Å². The second kappa shape index (κ2) is 8.07. The Bertz CT molecular complexity index is 1190. The fourth-order valence-corrected chi connectivity index (χ4v) is 2.89. The number of nitrogens with zero attached hydrogens (tertiary/aromatic N) is 4. The molecule has 143 valence electrons. The van der Waals surface area contributed by atoms with E-state index in [2.05, 4.69) is 26.3 Å². The highest BCUT2D eigenvalue weighted by Crippen LogP contribution is 2.31. The highest BCUT2D eigenvalue weighted by Gasteiger charge is 2.12. The summed E-state index contributed by atoms with van der Waals surface area (Å²) >= 11 is 6.33. The molecule has 0 bridgehead atoms. The van der Waals surface area contributed by atoms with E-state index in [1.54, 1.807) is 24.4 Å². The molecule has 8 nitrogen and oxygen atoms in total. The Morgan fingerprint density at radius 1 is 1.17 bits per heavy atom. The molecule has 0 saturated heterocycles. The summed E-state index contributed by atoms with van der Waals surface area (Å²) in [5.74, 6) is 0.936. The maximum absolute atomic E-state index is 11.0. The number of nitrogens with one attached hydrogen (secondary N) is 1. The minimum absolute atomic E-state index is 0.161. The summed E-state index contributed by atoms with van der Waals surface area (Å²) in [4.78, 5) is 23.0. The number of anilines is 2. The molecule has 0 saturated carbocycles. The van der Waals surface area contributed by atoms with E-state index in [-0.39, 0.29) is 5.69 Å². The zero-order valence-electron chi connectivity index (χ0n) is 14.9. The van der Waals surface area contributed by atoms with Crippen LogP contribution >= 0.6 is 11.6 Å². The van der Waals surface area contributed by atoms with Gasteiger partial charge in [0.15, 0.2) is 0 Å². The largest absolute Gasteiger partial charge is 0.486 e. The molecule has 9 heteroatoms. The molecule has 0 aliphatic carbocycles. The topological polar surface area (TPSA) is 103 Å². The number of benzene rings is 2. The first-order valence-electron chi connectivity index (χ1n) is 8.50. The van der Waals surface area contributed by atoms with E-state index in [4.69, 9.17) is 16.3 Å². The smallest absolute Gasteiger partial charge is 0.278 e. The van der Waals surface area contributed by atoms with E-state index in [9.17, 15) is 10.1 Å². The molecule has 4 aromatic rings. The number of halogens is 1. The fraction of sp³-hybridized carbons (Fsp3) is 0.0500. The lowest BCUT2D eigenvalue weighted by Gasteiger charge is -2.11. The summed E-state index contributed by atoms with van der Waals surface area (Å²) in [6.45, 7) is 0.296. The molecule has 0 unspecified atom stereocenters. The minimum atomic E-state index is -0.513. The van der Waals surface area contributed by atoms with Crippen LogP contribution in [0.25, 0.3) is 10.9 Å². The van der Waals surface area contributed by atoms with Gasteiger partial charge >= 0.3 is 0 Å². The number of nitro groups is 1. The normalized spacial score (nSPS) is 10.7. The fourth-order valence-electron chi connectivity index (χ4n) is 2.66. The van der Waals surface area contributed by atoms with Crippen molar-refractivity contribution in [1.29, 1.82) is 0 Å². The van der Waals surface area contributed by atoms with Gasteiger partial charge in [0.2, 0.25) is 0 Å². The van der Waals surface area contributed by atoms with Crippen LogP contribution in [0.5, 0.6) is 5.75 Å². The quantitative estimate of drug-likeness (QED) is 0.365. The van der Waals surface area contributed by atoms with Crippen molar-refractivity contribution >= 4 is 39.7 Å². The molecule has 0 amide bonds. The zero-order valence-corrected chi connectivity index (χ0v) is 15.6. The number of hydrogen-bond acceptors (Lipinski definition) is 7. The van der Waals surface area contributed by atoms with Crippen molar-refractivity contribution in [3.8, 4) is 5.75 Å². The molecule has 0 spiro atoms. The van der Waals surface area contributed by atoms with Crippen molar-refractivity contribution in [2.45, 2.75) is 6.61 Å². The monoisotopic (exact) mass is 406 g/mol. The minimum Gasteiger partial charge on any atom is -0.486 e. The van der Waals surface area contributed by atoms with Gasteiger partial charge in [-0.3, -0.25) is 15.1 Å². The average molecular weight is 407 g/mol. The Morgan fingerprint density at radius 2 is 2.07 bits per heavy atom. The standard InChI is InChI=1S/C20H13ClN5O3/c21-17-9-13(4-7-19(17)29-11-14-3-1-2-8-22-14)25-20-16-10-15(26(27)28)5-6-18(16)23-12-24-20/h1-4,6-10,12H,11H2,(H,23,24,25). The molecule has 0 atom stereocenters. The van der Waals surface area contributed by atoms with Crippen LogP contribution in [-0.2, 0) is 6.61 Å². The van der Waals surface area contributed by atoms with Gasteiger partial charge in [0.05, 0.1) is 27.2 Å². The Hall–Kier alpha value is -3.78. The van der Waals surface area contributed by atoms with Crippen molar-refractivity contribution in [3.05, 3.63) is 88.0 Å². The van der Waals surface area contributed by atoms with E-state index >= 15 is 0 Å². The molecule has 0 aliphatic rings. The predicted molar refractivity (Wildman–Crippen MR) is 108 cm³/mol. The lowest BCUT2D eigenvalue weighted by molar-refractivity contribution is -0.385. The summed E-state index contributed by atoms with van der Waals surface area (Å²) in [5.41, 5.74) is 1.81. The van der Waals surface area contributed by atoms with Crippen LogP contribution in [0.2, 0.25) is 5.02 Å². The van der Waals surface area contributed by atoms with Crippen molar-refractivity contribution in [1.82, 2.24) is 15.0 Å². The van der Waals surface area contributed by atoms with Gasteiger partial charge in [-0.25, -0.2) is 9.97 Å². The van der Waals surface area contributed by atoms with Crippen LogP contribution in [0.4, 0.5) is 17.2 Å². The molecule has 2 aromatic heterocycles. The van der Waals surface area contributed by atoms with Gasteiger partial charge in [-0.05, 0) is 36.4 Å². The van der Waals surface area contributed by atoms with E-state index in [0.717, 1.165) is 5.69 Å². The highest BCUT2D eigenvalue weighted by molar-refractivity contribution is 6.32. The number of ether oxygens (including phenoxy) is 1. The van der Waals surface area contributed by atoms with E-state index < -0.39 is 4.92 Å². The number of aromatic nitrogens is 3. The van der Waals surface area contributed by atoms with Crippen molar-refractivity contribution < 1.29 is 9.66 Å². The molecule has 2 aromatic carbocycles. The van der Waals surface area contributed by atoms with Gasteiger partial charge < -0.3 is 10.1 Å². The maximum Gasteiger partial charge on any atom is 0.278 e. The first-order chi connectivity index (χ1) is 14.1. The highest BCUT2D eigenvalue weighted by atomic mass is 35.5. The predicted octanol–water partition coefficient (Wildman–Crippen LogP) is 4.71. The van der Waals surface area contributed by atoms with Crippen LogP contribution < -0.4 is 10.1 Å². The molecule has 29 heavy (non-hydrogen) atoms. The lowest BCUT2D eigenvalue weighted by atomic mass is 10.2. The number of fused-ring (bicyclic) bond motifs is 1. The Balaban J connectivity index is 1.56. The Morgan fingerprint density at radius 3 is 2.83 bits per heavy atom. The number of nitro benzene ring substituents is 1. The summed E-state index contributed by atoms with van der Waals surface area (Å²) in [7, 11) is 0. The second-order valence-electron chi connectivity index (χ2n) is 5.98. The number of hydrogen-bond donors (Lipinski definition) is 1. The number of rotatable bonds is 6. The molecular formula is C20H13ClN5O3. The number of non-ortho nitro benzene ring substituents is 1. The lowest BCUT2D eigenvalue weighted by Crippen LogP contribution is -1.99. The third-order valence-corrected chi connectivity index (χ3v) is 4.34. The Kier molecular flexibility index (Phi) is 5.17. The third kappa shape index (κ3) is 4.22. The van der Waals surface area contributed by atoms with Crippen LogP contribution in [0, 0.1) is 16.2 Å². The molecule has 1 radical (unpaired) electrons. The zero-order chi connectivity index (χ0) is 20.2. The summed E-state index contributed by atoms with van der Waals surface area (Å²) in [6, 6.07) is 16.2. The van der Waals surface area contributed by atoms with Crippen molar-refractivity contribution in [3.63, 3.8) is 0 Å². The molecule has 0 fully saturated rings. The van der Waals surface area contributed by atoms with Crippen molar-refractivity contribution in [2.75, 3.05) is 5.32 Å².